The number of nitro benzene ring substituents is 2. The van der Waals surface area contributed by atoms with Gasteiger partial charge in [-0.1, -0.05) is 49.4 Å². The number of carbonyl (C=O) groups excluding carboxylic acids is 2. The van der Waals surface area contributed by atoms with E-state index in [1.165, 1.54) is 0 Å². The van der Waals surface area contributed by atoms with E-state index < -0.39 is 32.6 Å². The summed E-state index contributed by atoms with van der Waals surface area (Å²) in [5.41, 5.74) is -1.05. The predicted octanol–water partition coefficient (Wildman–Crippen LogP) is 4.72. The Morgan fingerprint density at radius 2 is 1.69 bits per heavy atom. The molecule has 0 aromatic heterocycles. The Hall–Kier alpha value is -4.34. The highest BCUT2D eigenvalue weighted by Gasteiger charge is 2.55. The highest BCUT2D eigenvalue weighted by molar-refractivity contribution is 5.91. The molecule has 180 valence electrons. The van der Waals surface area contributed by atoms with Crippen molar-refractivity contribution in [3.05, 3.63) is 92.0 Å². The number of amides is 1. The largest absolute Gasteiger partial charge is 0.461 e. The Labute approximate surface area is 200 Å². The zero-order valence-electron chi connectivity index (χ0n) is 19.1. The Balaban J connectivity index is 1.39. The molecule has 3 atom stereocenters. The highest BCUT2D eigenvalue weighted by Crippen LogP contribution is 2.52. The third kappa shape index (κ3) is 4.96. The van der Waals surface area contributed by atoms with Crippen LogP contribution in [0, 0.1) is 31.6 Å². The molecular weight excluding hydrogens is 454 g/mol. The monoisotopic (exact) mass is 477 g/mol. The maximum absolute atomic E-state index is 12.9. The lowest BCUT2D eigenvalue weighted by Crippen LogP contribution is -2.30. The number of ether oxygens (including phenoxy) is 1. The Morgan fingerprint density at radius 3 is 2.34 bits per heavy atom. The molecule has 1 fully saturated rings. The molecule has 1 aliphatic rings. The molecular formula is C25H23N3O7. The summed E-state index contributed by atoms with van der Waals surface area (Å²) in [5, 5.41) is 27.3. The number of nitrogens with one attached hydrogen (secondary N) is 1. The van der Waals surface area contributed by atoms with Crippen LogP contribution in [-0.2, 0) is 9.53 Å². The van der Waals surface area contributed by atoms with E-state index in [4.69, 9.17) is 4.74 Å². The molecule has 1 saturated carbocycles. The molecule has 3 aromatic rings. The van der Waals surface area contributed by atoms with Gasteiger partial charge in [0, 0.05) is 23.5 Å². The average Bonchev–Trinajstić information content (AvgIpc) is 3.53. The summed E-state index contributed by atoms with van der Waals surface area (Å²) in [5.74, 6) is -1.45. The zero-order valence-corrected chi connectivity index (χ0v) is 19.1. The fourth-order valence-electron chi connectivity index (χ4n) is 4.23. The van der Waals surface area contributed by atoms with Gasteiger partial charge < -0.3 is 10.1 Å². The second-order valence-electron chi connectivity index (χ2n) is 9.04. The first kappa shape index (κ1) is 23.8. The second-order valence-corrected chi connectivity index (χ2v) is 9.04. The number of esters is 1. The van der Waals surface area contributed by atoms with Gasteiger partial charge in [0.25, 0.3) is 11.4 Å². The zero-order chi connectivity index (χ0) is 25.3. The molecule has 35 heavy (non-hydrogen) atoms. The number of hydrogen-bond acceptors (Lipinski definition) is 7. The van der Waals surface area contributed by atoms with E-state index in [0.717, 1.165) is 34.5 Å². The van der Waals surface area contributed by atoms with Crippen LogP contribution in [0.5, 0.6) is 0 Å². The van der Waals surface area contributed by atoms with Crippen molar-refractivity contribution in [2.75, 3.05) is 6.61 Å². The van der Waals surface area contributed by atoms with E-state index in [1.807, 2.05) is 56.3 Å². The van der Waals surface area contributed by atoms with E-state index >= 15 is 0 Å². The molecule has 4 rings (SSSR count). The Bertz CT molecular complexity index is 1320. The molecule has 0 aliphatic heterocycles. The van der Waals surface area contributed by atoms with Crippen LogP contribution in [0.1, 0.15) is 42.2 Å². The maximum Gasteiger partial charge on any atom is 0.338 e. The average molecular weight is 477 g/mol. The van der Waals surface area contributed by atoms with Gasteiger partial charge in [-0.25, -0.2) is 4.79 Å². The van der Waals surface area contributed by atoms with E-state index in [2.05, 4.69) is 5.32 Å². The van der Waals surface area contributed by atoms with Gasteiger partial charge in [0.1, 0.15) is 0 Å². The van der Waals surface area contributed by atoms with Crippen molar-refractivity contribution in [3.63, 3.8) is 0 Å². The number of nitrogens with zero attached hydrogens (tertiary/aromatic N) is 2. The van der Waals surface area contributed by atoms with E-state index in [0.29, 0.717) is 6.42 Å². The molecule has 1 N–H and O–H groups in total. The van der Waals surface area contributed by atoms with Crippen LogP contribution < -0.4 is 5.32 Å². The van der Waals surface area contributed by atoms with Gasteiger partial charge >= 0.3 is 5.97 Å². The summed E-state index contributed by atoms with van der Waals surface area (Å²) in [7, 11) is 0. The Morgan fingerprint density at radius 1 is 1.06 bits per heavy atom. The van der Waals surface area contributed by atoms with Crippen LogP contribution in [0.15, 0.2) is 60.7 Å². The lowest BCUT2D eigenvalue weighted by molar-refractivity contribution is -0.394. The number of rotatable bonds is 8. The maximum atomic E-state index is 12.9. The number of carbonyl (C=O) groups is 2. The van der Waals surface area contributed by atoms with Crippen LogP contribution in [0.3, 0.4) is 0 Å². The number of nitro groups is 2. The first-order valence-electron chi connectivity index (χ1n) is 11.0. The summed E-state index contributed by atoms with van der Waals surface area (Å²) in [6.45, 7) is 3.63. The summed E-state index contributed by atoms with van der Waals surface area (Å²) >= 11 is 0. The van der Waals surface area contributed by atoms with Gasteiger partial charge in [-0.2, -0.15) is 0 Å². The molecule has 0 spiro atoms. The van der Waals surface area contributed by atoms with E-state index in [-0.39, 0.29) is 30.0 Å². The van der Waals surface area contributed by atoms with Gasteiger partial charge in [0.05, 0.1) is 34.1 Å². The number of fused-ring (bicyclic) bond motifs is 1. The van der Waals surface area contributed by atoms with Crippen LogP contribution >= 0.6 is 0 Å². The number of benzene rings is 3. The van der Waals surface area contributed by atoms with Crippen LogP contribution in [0.4, 0.5) is 11.4 Å². The third-order valence-corrected chi connectivity index (χ3v) is 6.41. The van der Waals surface area contributed by atoms with Crippen molar-refractivity contribution < 1.29 is 24.2 Å². The normalized spacial score (nSPS) is 19.5. The minimum atomic E-state index is -0.923. The van der Waals surface area contributed by atoms with Gasteiger partial charge in [-0.15, -0.1) is 0 Å². The van der Waals surface area contributed by atoms with Crippen molar-refractivity contribution in [2.24, 2.45) is 11.3 Å². The summed E-state index contributed by atoms with van der Waals surface area (Å²) in [4.78, 5) is 45.8. The van der Waals surface area contributed by atoms with Gasteiger partial charge in [0.15, 0.2) is 0 Å². The van der Waals surface area contributed by atoms with Crippen molar-refractivity contribution in [3.8, 4) is 0 Å². The quantitative estimate of drug-likeness (QED) is 0.281. The van der Waals surface area contributed by atoms with Crippen molar-refractivity contribution in [2.45, 2.75) is 26.3 Å². The van der Waals surface area contributed by atoms with Gasteiger partial charge in [-0.3, -0.25) is 25.0 Å². The van der Waals surface area contributed by atoms with Gasteiger partial charge in [-0.05, 0) is 29.7 Å². The van der Waals surface area contributed by atoms with E-state index in [1.54, 1.807) is 0 Å². The van der Waals surface area contributed by atoms with E-state index in [9.17, 15) is 29.8 Å². The topological polar surface area (TPSA) is 142 Å². The minimum Gasteiger partial charge on any atom is -0.461 e. The first-order chi connectivity index (χ1) is 16.6. The van der Waals surface area contributed by atoms with Crippen molar-refractivity contribution in [1.82, 2.24) is 5.32 Å². The highest BCUT2D eigenvalue weighted by atomic mass is 16.6. The summed E-state index contributed by atoms with van der Waals surface area (Å²) in [6, 6.07) is 16.3. The molecule has 0 unspecified atom stereocenters. The first-order valence-corrected chi connectivity index (χ1v) is 11.0. The number of non-ortho nitro benzene ring substituents is 2. The smallest absolute Gasteiger partial charge is 0.338 e. The van der Waals surface area contributed by atoms with Crippen molar-refractivity contribution >= 4 is 34.0 Å². The molecule has 0 saturated heterocycles. The SMILES string of the molecule is C[C@@H](NC(=O)[C@@H]1C[C@]1(C)COC(=O)c1cc([N+](=O)[O-])cc([N+](=O)[O-])c1)c1cccc2ccccc12. The molecule has 3 aromatic carbocycles. The molecule has 0 bridgehead atoms. The molecule has 0 heterocycles. The summed E-state index contributed by atoms with van der Waals surface area (Å²) < 4.78 is 5.29. The Kier molecular flexibility index (Phi) is 6.21. The fourth-order valence-corrected chi connectivity index (χ4v) is 4.23. The fraction of sp³-hybridized carbons (Fsp3) is 0.280. The lowest BCUT2D eigenvalue weighted by atomic mass is 9.99. The minimum absolute atomic E-state index is 0.0942. The molecule has 1 amide bonds. The molecule has 10 nitrogen and oxygen atoms in total. The standard InChI is InChI=1S/C25H23N3O7/c1-15(20-9-5-7-16-6-3-4-8-21(16)20)26-23(29)22-13-25(22,2)14-35-24(30)17-10-18(27(31)32)12-19(11-17)28(33)34/h3-12,15,22H,13-14H2,1-2H3,(H,26,29)/t15-,22+,25-/m1/s1. The van der Waals surface area contributed by atoms with Gasteiger partial charge in [0.2, 0.25) is 5.91 Å². The predicted molar refractivity (Wildman–Crippen MR) is 127 cm³/mol. The second kappa shape index (κ2) is 9.13. The van der Waals surface area contributed by atoms with Crippen LogP contribution in [0.25, 0.3) is 10.8 Å². The summed E-state index contributed by atoms with van der Waals surface area (Å²) in [6.07, 6.45) is 0.503. The molecule has 1 aliphatic carbocycles. The molecule has 0 radical (unpaired) electrons. The third-order valence-electron chi connectivity index (χ3n) is 6.41. The van der Waals surface area contributed by atoms with Crippen LogP contribution in [-0.4, -0.2) is 28.3 Å². The van der Waals surface area contributed by atoms with Crippen molar-refractivity contribution in [1.29, 1.82) is 0 Å². The molecule has 10 heteroatoms. The lowest BCUT2D eigenvalue weighted by Gasteiger charge is -2.18. The van der Waals surface area contributed by atoms with Crippen LogP contribution in [0.2, 0.25) is 0 Å². The number of hydrogen-bond donors (Lipinski definition) is 1.